The van der Waals surface area contributed by atoms with E-state index in [1.165, 1.54) is 86.6 Å². The second-order valence-corrected chi connectivity index (χ2v) is 15.6. The standard InChI is InChI=1S/C53H29N5/c1-8-18-43-32(10-1)28-45-48-38-15-6-4-13-36(38)42-26-30(21-22-40(42)47(48)41-17-9-23-55-52(41)57(43)45)31-19-20-33-29-46-49-37-14-5-2-11-34(37)35-12-3-7-16-39(35)50(49)51-53(56-25-24-54-51)58(46)44(33)27-31/h1-29H. The summed E-state index contributed by atoms with van der Waals surface area (Å²) < 4.78 is 4.68. The Morgan fingerprint density at radius 2 is 0.828 bits per heavy atom. The van der Waals surface area contributed by atoms with Crippen molar-refractivity contribution in [1.29, 1.82) is 0 Å². The van der Waals surface area contributed by atoms with E-state index in [-0.39, 0.29) is 0 Å². The van der Waals surface area contributed by atoms with E-state index in [4.69, 9.17) is 15.0 Å². The number of fused-ring (bicyclic) bond motifs is 26. The van der Waals surface area contributed by atoms with Crippen LogP contribution in [-0.2, 0) is 0 Å². The van der Waals surface area contributed by atoms with E-state index < -0.39 is 0 Å². The number of hydrogen-bond acceptors (Lipinski definition) is 3. The Labute approximate surface area is 329 Å². The SMILES string of the molecule is c1ccc2c(c1)cc1c3c4ccccc4c4cc(-c5ccc6cc7c8c9ccccc9c9ccccc9c8c8nccnc8n7c6c5)ccc4c3c3cccnc3n21. The van der Waals surface area contributed by atoms with Crippen molar-refractivity contribution in [2.75, 3.05) is 0 Å². The summed E-state index contributed by atoms with van der Waals surface area (Å²) in [6.45, 7) is 0. The molecule has 0 bridgehead atoms. The molecule has 14 aromatic rings. The molecule has 0 N–H and O–H groups in total. The zero-order valence-corrected chi connectivity index (χ0v) is 31.0. The quantitative estimate of drug-likeness (QED) is 0.158. The minimum atomic E-state index is 0.860. The number of aromatic nitrogens is 5. The minimum Gasteiger partial charge on any atom is -0.293 e. The van der Waals surface area contributed by atoms with Gasteiger partial charge in [0.2, 0.25) is 0 Å². The van der Waals surface area contributed by atoms with Gasteiger partial charge in [0.25, 0.3) is 0 Å². The van der Waals surface area contributed by atoms with Gasteiger partial charge in [-0.05, 0) is 96.7 Å². The Balaban J connectivity index is 1.09. The molecule has 14 rings (SSSR count). The summed E-state index contributed by atoms with van der Waals surface area (Å²) in [6.07, 6.45) is 5.54. The maximum Gasteiger partial charge on any atom is 0.164 e. The summed E-state index contributed by atoms with van der Waals surface area (Å²) in [7, 11) is 0. The van der Waals surface area contributed by atoms with E-state index in [1.807, 2.05) is 18.6 Å². The molecule has 266 valence electrons. The number of benzene rings is 8. The first-order valence-electron chi connectivity index (χ1n) is 19.8. The molecule has 0 spiro atoms. The third-order valence-electron chi connectivity index (χ3n) is 12.7. The molecule has 5 nitrogen and oxygen atoms in total. The third-order valence-corrected chi connectivity index (χ3v) is 12.7. The van der Waals surface area contributed by atoms with Crippen LogP contribution in [0.3, 0.4) is 0 Å². The zero-order chi connectivity index (χ0) is 37.6. The van der Waals surface area contributed by atoms with Crippen molar-refractivity contribution in [1.82, 2.24) is 23.8 Å². The summed E-state index contributed by atoms with van der Waals surface area (Å²) in [5.41, 5.74) is 9.66. The van der Waals surface area contributed by atoms with E-state index >= 15 is 0 Å². The molecule has 6 heterocycles. The lowest BCUT2D eigenvalue weighted by molar-refractivity contribution is 1.21. The molecule has 5 heteroatoms. The van der Waals surface area contributed by atoms with Gasteiger partial charge in [-0.25, -0.2) is 9.97 Å². The van der Waals surface area contributed by atoms with Gasteiger partial charge < -0.3 is 0 Å². The normalized spacial score (nSPS) is 12.5. The Kier molecular flexibility index (Phi) is 5.70. The molecular formula is C53H29N5. The zero-order valence-electron chi connectivity index (χ0n) is 31.0. The average molecular weight is 736 g/mol. The van der Waals surface area contributed by atoms with Crippen LogP contribution in [-0.4, -0.2) is 23.8 Å². The molecule has 6 aromatic heterocycles. The molecule has 0 amide bonds. The van der Waals surface area contributed by atoms with Gasteiger partial charge in [-0.1, -0.05) is 115 Å². The van der Waals surface area contributed by atoms with Crippen LogP contribution in [0.25, 0.3) is 131 Å². The Bertz CT molecular complexity index is 4150. The van der Waals surface area contributed by atoms with E-state index in [0.29, 0.717) is 0 Å². The first-order valence-corrected chi connectivity index (χ1v) is 19.8. The van der Waals surface area contributed by atoms with E-state index in [1.54, 1.807) is 0 Å². The predicted molar refractivity (Wildman–Crippen MR) is 242 cm³/mol. The number of para-hydroxylation sites is 1. The van der Waals surface area contributed by atoms with Crippen LogP contribution in [0.4, 0.5) is 0 Å². The van der Waals surface area contributed by atoms with E-state index in [2.05, 4.69) is 167 Å². The van der Waals surface area contributed by atoms with Crippen molar-refractivity contribution in [3.63, 3.8) is 0 Å². The third kappa shape index (κ3) is 3.78. The molecule has 58 heavy (non-hydrogen) atoms. The van der Waals surface area contributed by atoms with Crippen molar-refractivity contribution in [3.05, 3.63) is 176 Å². The molecule has 0 unspecified atom stereocenters. The lowest BCUT2D eigenvalue weighted by atomic mass is 9.90. The Morgan fingerprint density at radius 1 is 0.293 bits per heavy atom. The number of nitrogens with zero attached hydrogens (tertiary/aromatic N) is 5. The second-order valence-electron chi connectivity index (χ2n) is 15.6. The van der Waals surface area contributed by atoms with Crippen molar-refractivity contribution in [2.45, 2.75) is 0 Å². The van der Waals surface area contributed by atoms with Gasteiger partial charge in [-0.3, -0.25) is 13.8 Å². The van der Waals surface area contributed by atoms with Gasteiger partial charge in [0.15, 0.2) is 5.65 Å². The second kappa shape index (κ2) is 10.9. The van der Waals surface area contributed by atoms with Crippen molar-refractivity contribution >= 4 is 120 Å². The average Bonchev–Trinajstić information content (AvgIpc) is 3.88. The van der Waals surface area contributed by atoms with E-state index in [0.717, 1.165) is 44.2 Å². The highest BCUT2D eigenvalue weighted by molar-refractivity contribution is 6.36. The highest BCUT2D eigenvalue weighted by Gasteiger charge is 2.21. The molecule has 0 atom stereocenters. The number of rotatable bonds is 1. The van der Waals surface area contributed by atoms with Crippen LogP contribution in [0.5, 0.6) is 0 Å². The number of pyridine rings is 3. The lowest BCUT2D eigenvalue weighted by Crippen LogP contribution is -1.97. The fourth-order valence-electron chi connectivity index (χ4n) is 10.4. The molecule has 0 aliphatic carbocycles. The molecule has 0 radical (unpaired) electrons. The van der Waals surface area contributed by atoms with E-state index in [9.17, 15) is 0 Å². The first-order chi connectivity index (χ1) is 28.8. The smallest absolute Gasteiger partial charge is 0.164 e. The monoisotopic (exact) mass is 735 g/mol. The molecule has 0 saturated heterocycles. The summed E-state index contributed by atoms with van der Waals surface area (Å²) in [6, 6.07) is 57.8. The maximum atomic E-state index is 5.03. The summed E-state index contributed by atoms with van der Waals surface area (Å²) in [5.74, 6) is 0. The van der Waals surface area contributed by atoms with Gasteiger partial charge in [0, 0.05) is 56.3 Å². The topological polar surface area (TPSA) is 47.5 Å². The summed E-state index contributed by atoms with van der Waals surface area (Å²) in [4.78, 5) is 15.1. The van der Waals surface area contributed by atoms with Crippen molar-refractivity contribution in [2.24, 2.45) is 0 Å². The fraction of sp³-hybridized carbons (Fsp3) is 0. The summed E-state index contributed by atoms with van der Waals surface area (Å²) >= 11 is 0. The molecule has 8 aromatic carbocycles. The molecule has 0 fully saturated rings. The van der Waals surface area contributed by atoms with Gasteiger partial charge in [0.1, 0.15) is 11.2 Å². The van der Waals surface area contributed by atoms with Gasteiger partial charge in [0.05, 0.1) is 22.1 Å². The minimum absolute atomic E-state index is 0.860. The van der Waals surface area contributed by atoms with Crippen LogP contribution >= 0.6 is 0 Å². The molecule has 0 aliphatic heterocycles. The highest BCUT2D eigenvalue weighted by atomic mass is 15.0. The fourth-order valence-corrected chi connectivity index (χ4v) is 10.4. The van der Waals surface area contributed by atoms with Crippen LogP contribution in [0.2, 0.25) is 0 Å². The van der Waals surface area contributed by atoms with Crippen LogP contribution in [0.1, 0.15) is 0 Å². The van der Waals surface area contributed by atoms with Crippen molar-refractivity contribution in [3.8, 4) is 11.1 Å². The highest BCUT2D eigenvalue weighted by Crippen LogP contribution is 2.45. The van der Waals surface area contributed by atoms with Crippen LogP contribution in [0, 0.1) is 0 Å². The van der Waals surface area contributed by atoms with Crippen LogP contribution < -0.4 is 0 Å². The van der Waals surface area contributed by atoms with Gasteiger partial charge in [-0.2, -0.15) is 0 Å². The lowest BCUT2D eigenvalue weighted by Gasteiger charge is -2.16. The summed E-state index contributed by atoms with van der Waals surface area (Å²) in [5, 5.41) is 18.2. The molecular weight excluding hydrogens is 707 g/mol. The first kappa shape index (κ1) is 30.3. The van der Waals surface area contributed by atoms with Crippen molar-refractivity contribution < 1.29 is 0 Å². The maximum absolute atomic E-state index is 5.03. The molecule has 0 aliphatic rings. The van der Waals surface area contributed by atoms with Gasteiger partial charge in [-0.15, -0.1) is 0 Å². The Hall–Kier alpha value is -7.89. The largest absolute Gasteiger partial charge is 0.293 e. The van der Waals surface area contributed by atoms with Gasteiger partial charge >= 0.3 is 0 Å². The predicted octanol–water partition coefficient (Wildman–Crippen LogP) is 13.6. The Morgan fingerprint density at radius 3 is 1.60 bits per heavy atom. The van der Waals surface area contributed by atoms with Crippen LogP contribution in [0.15, 0.2) is 176 Å². The molecule has 0 saturated carbocycles. The number of hydrogen-bond donors (Lipinski definition) is 0.